The normalized spacial score (nSPS) is 13.2. The van der Waals surface area contributed by atoms with E-state index < -0.39 is 0 Å². The fourth-order valence-corrected chi connectivity index (χ4v) is 2.67. The van der Waals surface area contributed by atoms with Gasteiger partial charge in [-0.3, -0.25) is 0 Å². The summed E-state index contributed by atoms with van der Waals surface area (Å²) >= 11 is 0. The van der Waals surface area contributed by atoms with Gasteiger partial charge in [-0.1, -0.05) is 72.6 Å². The predicted molar refractivity (Wildman–Crippen MR) is 84.1 cm³/mol. The van der Waals surface area contributed by atoms with Crippen LogP contribution >= 0.6 is 0 Å². The summed E-state index contributed by atoms with van der Waals surface area (Å²) in [5, 5.41) is 3.76. The van der Waals surface area contributed by atoms with Crippen LogP contribution in [-0.2, 0) is 0 Å². The molecule has 0 aromatic rings. The van der Waals surface area contributed by atoms with Gasteiger partial charge in [-0.2, -0.15) is 0 Å². The minimum Gasteiger partial charge on any atom is -0.314 e. The smallest absolute Gasteiger partial charge is 0.00696 e. The minimum atomic E-state index is 0.775. The fourth-order valence-electron chi connectivity index (χ4n) is 2.67. The standard InChI is InChI=1S/C17H37N/c1-5-9-10-11-12-13-17(18-14-6-2)15-16(7-3)8-4/h16-18H,5-15H2,1-4H3. The van der Waals surface area contributed by atoms with E-state index in [4.69, 9.17) is 0 Å². The van der Waals surface area contributed by atoms with Gasteiger partial charge in [-0.05, 0) is 31.7 Å². The summed E-state index contributed by atoms with van der Waals surface area (Å²) in [5.41, 5.74) is 0. The average Bonchev–Trinajstić information content (AvgIpc) is 2.40. The number of hydrogen-bond donors (Lipinski definition) is 1. The average molecular weight is 255 g/mol. The number of unbranched alkanes of at least 4 members (excludes halogenated alkanes) is 4. The maximum Gasteiger partial charge on any atom is 0.00696 e. The first kappa shape index (κ1) is 18.0. The second-order valence-corrected chi connectivity index (χ2v) is 5.77. The van der Waals surface area contributed by atoms with E-state index in [-0.39, 0.29) is 0 Å². The molecule has 0 fully saturated rings. The maximum atomic E-state index is 3.76. The van der Waals surface area contributed by atoms with Crippen molar-refractivity contribution >= 4 is 0 Å². The lowest BCUT2D eigenvalue weighted by Crippen LogP contribution is -2.31. The van der Waals surface area contributed by atoms with Gasteiger partial charge in [0, 0.05) is 6.04 Å². The van der Waals surface area contributed by atoms with Gasteiger partial charge in [-0.15, -0.1) is 0 Å². The van der Waals surface area contributed by atoms with Crippen LogP contribution in [0.1, 0.15) is 91.9 Å². The summed E-state index contributed by atoms with van der Waals surface area (Å²) < 4.78 is 0. The van der Waals surface area contributed by atoms with Crippen LogP contribution in [0.4, 0.5) is 0 Å². The summed E-state index contributed by atoms with van der Waals surface area (Å²) in [6.45, 7) is 10.4. The van der Waals surface area contributed by atoms with E-state index >= 15 is 0 Å². The zero-order valence-electron chi connectivity index (χ0n) is 13.4. The van der Waals surface area contributed by atoms with Crippen molar-refractivity contribution in [2.45, 2.75) is 97.9 Å². The first-order valence-electron chi connectivity index (χ1n) is 8.51. The molecule has 1 N–H and O–H groups in total. The zero-order chi connectivity index (χ0) is 13.6. The van der Waals surface area contributed by atoms with E-state index in [9.17, 15) is 0 Å². The highest BCUT2D eigenvalue weighted by Crippen LogP contribution is 2.18. The molecular weight excluding hydrogens is 218 g/mol. The van der Waals surface area contributed by atoms with Crippen molar-refractivity contribution < 1.29 is 0 Å². The number of nitrogens with one attached hydrogen (secondary N) is 1. The van der Waals surface area contributed by atoms with Gasteiger partial charge in [0.15, 0.2) is 0 Å². The quantitative estimate of drug-likeness (QED) is 0.426. The van der Waals surface area contributed by atoms with E-state index in [2.05, 4.69) is 33.0 Å². The molecule has 0 aliphatic heterocycles. The Kier molecular flexibility index (Phi) is 13.4. The fraction of sp³-hybridized carbons (Fsp3) is 1.00. The third-order valence-electron chi connectivity index (χ3n) is 4.11. The summed E-state index contributed by atoms with van der Waals surface area (Å²) in [6, 6.07) is 0.775. The molecule has 0 bridgehead atoms. The number of hydrogen-bond acceptors (Lipinski definition) is 1. The van der Waals surface area contributed by atoms with Gasteiger partial charge in [0.25, 0.3) is 0 Å². The van der Waals surface area contributed by atoms with Crippen LogP contribution in [-0.4, -0.2) is 12.6 Å². The number of rotatable bonds is 13. The molecule has 18 heavy (non-hydrogen) atoms. The van der Waals surface area contributed by atoms with Crippen LogP contribution < -0.4 is 5.32 Å². The van der Waals surface area contributed by atoms with Crippen LogP contribution in [0.2, 0.25) is 0 Å². The molecule has 0 rings (SSSR count). The van der Waals surface area contributed by atoms with Crippen molar-refractivity contribution in [3.05, 3.63) is 0 Å². The summed E-state index contributed by atoms with van der Waals surface area (Å²) in [6.07, 6.45) is 13.8. The van der Waals surface area contributed by atoms with Crippen molar-refractivity contribution in [3.63, 3.8) is 0 Å². The molecule has 0 saturated carbocycles. The molecule has 1 unspecified atom stereocenters. The van der Waals surface area contributed by atoms with Gasteiger partial charge >= 0.3 is 0 Å². The van der Waals surface area contributed by atoms with Gasteiger partial charge in [0.05, 0.1) is 0 Å². The van der Waals surface area contributed by atoms with E-state index in [0.717, 1.165) is 12.0 Å². The van der Waals surface area contributed by atoms with Crippen LogP contribution in [0.15, 0.2) is 0 Å². The minimum absolute atomic E-state index is 0.775. The van der Waals surface area contributed by atoms with Crippen LogP contribution in [0.3, 0.4) is 0 Å². The highest BCUT2D eigenvalue weighted by Gasteiger charge is 2.13. The molecule has 0 heterocycles. The molecule has 0 aliphatic carbocycles. The maximum absolute atomic E-state index is 3.76. The van der Waals surface area contributed by atoms with Crippen LogP contribution in [0.5, 0.6) is 0 Å². The lowest BCUT2D eigenvalue weighted by atomic mass is 9.92. The van der Waals surface area contributed by atoms with Gasteiger partial charge in [0.2, 0.25) is 0 Å². The Morgan fingerprint density at radius 2 is 1.44 bits per heavy atom. The van der Waals surface area contributed by atoms with E-state index in [0.29, 0.717) is 0 Å². The molecule has 0 amide bonds. The highest BCUT2D eigenvalue weighted by atomic mass is 14.9. The highest BCUT2D eigenvalue weighted by molar-refractivity contribution is 4.71. The Morgan fingerprint density at radius 1 is 0.778 bits per heavy atom. The van der Waals surface area contributed by atoms with Crippen molar-refractivity contribution in [1.29, 1.82) is 0 Å². The third kappa shape index (κ3) is 9.94. The SMILES string of the molecule is CCCCCCCC(CC(CC)CC)NCCC. The Balaban J connectivity index is 3.82. The summed E-state index contributed by atoms with van der Waals surface area (Å²) in [4.78, 5) is 0. The van der Waals surface area contributed by atoms with Gasteiger partial charge < -0.3 is 5.32 Å². The summed E-state index contributed by atoms with van der Waals surface area (Å²) in [7, 11) is 0. The molecule has 1 nitrogen and oxygen atoms in total. The molecule has 0 aromatic heterocycles. The van der Waals surface area contributed by atoms with E-state index in [1.807, 2.05) is 0 Å². The lowest BCUT2D eigenvalue weighted by Gasteiger charge is -2.23. The Labute approximate surface area is 116 Å². The monoisotopic (exact) mass is 255 g/mol. The van der Waals surface area contributed by atoms with Crippen molar-refractivity contribution in [3.8, 4) is 0 Å². The van der Waals surface area contributed by atoms with Gasteiger partial charge in [-0.25, -0.2) is 0 Å². The molecule has 0 saturated heterocycles. The molecule has 0 aliphatic rings. The molecule has 0 aromatic carbocycles. The van der Waals surface area contributed by atoms with Gasteiger partial charge in [0.1, 0.15) is 0 Å². The topological polar surface area (TPSA) is 12.0 Å². The zero-order valence-corrected chi connectivity index (χ0v) is 13.4. The van der Waals surface area contributed by atoms with Crippen molar-refractivity contribution in [1.82, 2.24) is 5.32 Å². The summed E-state index contributed by atoms with van der Waals surface area (Å²) in [5.74, 6) is 0.926. The van der Waals surface area contributed by atoms with Crippen molar-refractivity contribution in [2.24, 2.45) is 5.92 Å². The Hall–Kier alpha value is -0.0400. The molecule has 0 radical (unpaired) electrons. The van der Waals surface area contributed by atoms with Crippen molar-refractivity contribution in [2.75, 3.05) is 6.54 Å². The lowest BCUT2D eigenvalue weighted by molar-refractivity contribution is 0.343. The van der Waals surface area contributed by atoms with E-state index in [1.54, 1.807) is 0 Å². The van der Waals surface area contributed by atoms with Crippen LogP contribution in [0, 0.1) is 5.92 Å². The molecular formula is C17H37N. The first-order valence-corrected chi connectivity index (χ1v) is 8.51. The van der Waals surface area contributed by atoms with E-state index in [1.165, 1.54) is 70.8 Å². The largest absolute Gasteiger partial charge is 0.314 e. The molecule has 0 spiro atoms. The second kappa shape index (κ2) is 13.4. The molecule has 1 heteroatoms. The molecule has 1 atom stereocenters. The predicted octanol–water partition coefficient (Wildman–Crippen LogP) is 5.54. The van der Waals surface area contributed by atoms with Crippen LogP contribution in [0.25, 0.3) is 0 Å². The molecule has 110 valence electrons. The Bertz CT molecular complexity index is 152. The Morgan fingerprint density at radius 3 is 2.00 bits per heavy atom. The first-order chi connectivity index (χ1) is 8.78. The second-order valence-electron chi connectivity index (χ2n) is 5.77. The third-order valence-corrected chi connectivity index (χ3v) is 4.11.